The third-order valence-electron chi connectivity index (χ3n) is 2.75. The third kappa shape index (κ3) is 2.35. The van der Waals surface area contributed by atoms with E-state index >= 15 is 0 Å². The highest BCUT2D eigenvalue weighted by Crippen LogP contribution is 2.36. The molecule has 1 aromatic rings. The lowest BCUT2D eigenvalue weighted by Crippen LogP contribution is -2.19. The molecule has 1 aromatic heterocycles. The maximum Gasteiger partial charge on any atom is 0.126 e. The molecule has 0 amide bonds. The molecule has 2 rings (SSSR count). The number of aromatic nitrogens is 1. The van der Waals surface area contributed by atoms with Crippen molar-refractivity contribution in [2.24, 2.45) is 5.73 Å². The zero-order valence-corrected chi connectivity index (χ0v) is 10.3. The normalized spacial score (nSPS) is 16.2. The number of hydrogen-bond donors (Lipinski definition) is 1. The highest BCUT2D eigenvalue weighted by atomic mass is 16.5. The van der Waals surface area contributed by atoms with E-state index in [0.29, 0.717) is 12.6 Å². The van der Waals surface area contributed by atoms with Crippen molar-refractivity contribution in [2.45, 2.75) is 51.7 Å². The van der Waals surface area contributed by atoms with Gasteiger partial charge in [0.2, 0.25) is 0 Å². The average molecular weight is 220 g/mol. The zero-order chi connectivity index (χ0) is 11.8. The first-order valence-electron chi connectivity index (χ1n) is 5.87. The van der Waals surface area contributed by atoms with Crippen LogP contribution in [0.4, 0.5) is 0 Å². The molecule has 0 spiro atoms. The predicted molar refractivity (Wildman–Crippen MR) is 64.5 cm³/mol. The van der Waals surface area contributed by atoms with Crippen molar-refractivity contribution in [2.75, 3.05) is 0 Å². The lowest BCUT2D eigenvalue weighted by Gasteiger charge is -2.25. The summed E-state index contributed by atoms with van der Waals surface area (Å²) in [6, 6.07) is 1.96. The molecule has 2 N–H and O–H groups in total. The van der Waals surface area contributed by atoms with Crippen molar-refractivity contribution in [1.82, 2.24) is 4.98 Å². The predicted octanol–water partition coefficient (Wildman–Crippen LogP) is 2.38. The van der Waals surface area contributed by atoms with E-state index in [9.17, 15) is 0 Å². The minimum absolute atomic E-state index is 0.0210. The van der Waals surface area contributed by atoms with Crippen LogP contribution in [0, 0.1) is 0 Å². The molecule has 3 nitrogen and oxygen atoms in total. The minimum Gasteiger partial charge on any atom is -0.490 e. The fraction of sp³-hybridized carbons (Fsp3) is 0.615. The summed E-state index contributed by atoms with van der Waals surface area (Å²) >= 11 is 0. The Morgan fingerprint density at radius 2 is 2.12 bits per heavy atom. The van der Waals surface area contributed by atoms with Gasteiger partial charge in [0.1, 0.15) is 5.75 Å². The molecule has 1 heterocycles. The minimum atomic E-state index is 0.0210. The topological polar surface area (TPSA) is 48.1 Å². The van der Waals surface area contributed by atoms with Crippen LogP contribution in [-0.2, 0) is 12.0 Å². The second-order valence-electron chi connectivity index (χ2n) is 5.40. The van der Waals surface area contributed by atoms with Gasteiger partial charge in [0.15, 0.2) is 0 Å². The van der Waals surface area contributed by atoms with Gasteiger partial charge in [-0.1, -0.05) is 20.8 Å². The van der Waals surface area contributed by atoms with Crippen molar-refractivity contribution in [1.29, 1.82) is 0 Å². The van der Waals surface area contributed by atoms with Gasteiger partial charge in [-0.05, 0) is 24.3 Å². The van der Waals surface area contributed by atoms with E-state index in [0.717, 1.165) is 17.0 Å². The van der Waals surface area contributed by atoms with Crippen molar-refractivity contribution < 1.29 is 4.74 Å². The zero-order valence-electron chi connectivity index (χ0n) is 10.3. The number of nitrogens with zero attached hydrogens (tertiary/aromatic N) is 1. The van der Waals surface area contributed by atoms with Crippen LogP contribution in [0.25, 0.3) is 0 Å². The molecule has 0 unspecified atom stereocenters. The molecule has 0 radical (unpaired) electrons. The molecule has 0 saturated heterocycles. The molecule has 0 aromatic carbocycles. The van der Waals surface area contributed by atoms with E-state index in [4.69, 9.17) is 10.5 Å². The highest BCUT2D eigenvalue weighted by molar-refractivity contribution is 5.41. The summed E-state index contributed by atoms with van der Waals surface area (Å²) in [5, 5.41) is 0. The van der Waals surface area contributed by atoms with Crippen LogP contribution < -0.4 is 10.5 Å². The van der Waals surface area contributed by atoms with E-state index in [1.54, 1.807) is 6.20 Å². The van der Waals surface area contributed by atoms with Crippen LogP contribution in [0.2, 0.25) is 0 Å². The van der Waals surface area contributed by atoms with Crippen LogP contribution in [-0.4, -0.2) is 11.1 Å². The van der Waals surface area contributed by atoms with E-state index in [1.165, 1.54) is 12.8 Å². The Labute approximate surface area is 97.0 Å². The van der Waals surface area contributed by atoms with Crippen molar-refractivity contribution >= 4 is 0 Å². The molecule has 3 heteroatoms. The highest BCUT2D eigenvalue weighted by Gasteiger charge is 2.28. The molecule has 1 aliphatic carbocycles. The van der Waals surface area contributed by atoms with Gasteiger partial charge in [0, 0.05) is 18.3 Å². The molecule has 1 fully saturated rings. The number of nitrogens with two attached hydrogens (primary N) is 1. The van der Waals surface area contributed by atoms with Crippen LogP contribution in [0.15, 0.2) is 12.3 Å². The van der Waals surface area contributed by atoms with Gasteiger partial charge >= 0.3 is 0 Å². The second-order valence-corrected chi connectivity index (χ2v) is 5.40. The maximum absolute atomic E-state index is 5.93. The SMILES string of the molecule is CC(C)(C)c1c(OC2CC2)ccnc1CN. The Balaban J connectivity index is 2.41. The summed E-state index contributed by atoms with van der Waals surface area (Å²) in [5.74, 6) is 0.963. The summed E-state index contributed by atoms with van der Waals surface area (Å²) < 4.78 is 5.93. The van der Waals surface area contributed by atoms with Gasteiger partial charge in [-0.2, -0.15) is 0 Å². The summed E-state index contributed by atoms with van der Waals surface area (Å²) in [6.45, 7) is 6.98. The standard InChI is InChI=1S/C13H20N2O/c1-13(2,3)12-10(8-14)15-7-6-11(12)16-9-4-5-9/h6-7,9H,4-5,8,14H2,1-3H3. The maximum atomic E-state index is 5.93. The number of pyridine rings is 1. The molecule has 0 bridgehead atoms. The Kier molecular flexibility index (Phi) is 2.89. The molecule has 88 valence electrons. The number of hydrogen-bond acceptors (Lipinski definition) is 3. The van der Waals surface area contributed by atoms with Crippen molar-refractivity contribution in [3.8, 4) is 5.75 Å². The van der Waals surface area contributed by atoms with Crippen molar-refractivity contribution in [3.05, 3.63) is 23.5 Å². The van der Waals surface area contributed by atoms with E-state index in [2.05, 4.69) is 25.8 Å². The Bertz CT molecular complexity index is 378. The van der Waals surface area contributed by atoms with Gasteiger partial charge in [-0.15, -0.1) is 0 Å². The Morgan fingerprint density at radius 3 is 2.62 bits per heavy atom. The van der Waals surface area contributed by atoms with Crippen LogP contribution in [0.1, 0.15) is 44.9 Å². The molecule has 16 heavy (non-hydrogen) atoms. The van der Waals surface area contributed by atoms with Crippen LogP contribution in [0.5, 0.6) is 5.75 Å². The second kappa shape index (κ2) is 4.06. The van der Waals surface area contributed by atoms with Gasteiger partial charge < -0.3 is 10.5 Å². The van der Waals surface area contributed by atoms with Gasteiger partial charge in [0.25, 0.3) is 0 Å². The first-order chi connectivity index (χ1) is 7.52. The molecular formula is C13H20N2O. The quantitative estimate of drug-likeness (QED) is 0.850. The first kappa shape index (κ1) is 11.4. The number of rotatable bonds is 3. The van der Waals surface area contributed by atoms with Gasteiger partial charge in [-0.25, -0.2) is 0 Å². The lowest BCUT2D eigenvalue weighted by molar-refractivity contribution is 0.293. The largest absolute Gasteiger partial charge is 0.490 e. The van der Waals surface area contributed by atoms with E-state index in [1.807, 2.05) is 6.07 Å². The fourth-order valence-electron chi connectivity index (χ4n) is 1.91. The number of ether oxygens (including phenoxy) is 1. The monoisotopic (exact) mass is 220 g/mol. The van der Waals surface area contributed by atoms with Gasteiger partial charge in [0.05, 0.1) is 11.8 Å². The smallest absolute Gasteiger partial charge is 0.126 e. The average Bonchev–Trinajstić information content (AvgIpc) is 2.99. The summed E-state index contributed by atoms with van der Waals surface area (Å²) in [4.78, 5) is 4.35. The Morgan fingerprint density at radius 1 is 1.44 bits per heavy atom. The van der Waals surface area contributed by atoms with E-state index in [-0.39, 0.29) is 5.41 Å². The summed E-state index contributed by atoms with van der Waals surface area (Å²) in [7, 11) is 0. The molecular weight excluding hydrogens is 200 g/mol. The molecule has 1 saturated carbocycles. The molecule has 0 atom stereocenters. The van der Waals surface area contributed by atoms with Crippen LogP contribution >= 0.6 is 0 Å². The van der Waals surface area contributed by atoms with E-state index < -0.39 is 0 Å². The fourth-order valence-corrected chi connectivity index (χ4v) is 1.91. The van der Waals surface area contributed by atoms with Gasteiger partial charge in [-0.3, -0.25) is 4.98 Å². The summed E-state index contributed by atoms with van der Waals surface area (Å²) in [6.07, 6.45) is 4.54. The first-order valence-corrected chi connectivity index (χ1v) is 5.87. The molecule has 0 aliphatic heterocycles. The third-order valence-corrected chi connectivity index (χ3v) is 2.75. The molecule has 1 aliphatic rings. The van der Waals surface area contributed by atoms with Crippen LogP contribution in [0.3, 0.4) is 0 Å². The van der Waals surface area contributed by atoms with Crippen molar-refractivity contribution in [3.63, 3.8) is 0 Å². The summed E-state index contributed by atoms with van der Waals surface area (Å²) in [5.41, 5.74) is 7.87. The Hall–Kier alpha value is -1.09. The lowest BCUT2D eigenvalue weighted by atomic mass is 9.85.